The number of anilines is 1. The van der Waals surface area contributed by atoms with E-state index in [1.54, 1.807) is 29.5 Å². The summed E-state index contributed by atoms with van der Waals surface area (Å²) < 4.78 is 3.78. The zero-order valence-corrected chi connectivity index (χ0v) is 17.5. The number of amides is 1. The minimum absolute atomic E-state index is 0.148. The van der Waals surface area contributed by atoms with E-state index in [9.17, 15) is 4.79 Å². The van der Waals surface area contributed by atoms with Crippen molar-refractivity contribution in [2.24, 2.45) is 13.0 Å². The van der Waals surface area contributed by atoms with Crippen LogP contribution in [0.2, 0.25) is 0 Å². The third-order valence-electron chi connectivity index (χ3n) is 5.49. The second-order valence-corrected chi connectivity index (χ2v) is 7.99. The fourth-order valence-electron chi connectivity index (χ4n) is 3.53. The van der Waals surface area contributed by atoms with E-state index in [-0.39, 0.29) is 5.91 Å². The smallest absolute Gasteiger partial charge is 0.272 e. The number of carbonyl (C=O) groups is 1. The van der Waals surface area contributed by atoms with Gasteiger partial charge in [-0.3, -0.25) is 14.5 Å². The molecule has 0 spiro atoms. The van der Waals surface area contributed by atoms with Gasteiger partial charge in [0.25, 0.3) is 5.91 Å². The molecular formula is C23H23N7O. The van der Waals surface area contributed by atoms with Crippen LogP contribution in [0.4, 0.5) is 5.69 Å². The maximum absolute atomic E-state index is 13.0. The summed E-state index contributed by atoms with van der Waals surface area (Å²) in [5.41, 5.74) is 4.85. The molecule has 0 radical (unpaired) electrons. The van der Waals surface area contributed by atoms with E-state index in [1.165, 1.54) is 12.8 Å². The number of hydrogen-bond donors (Lipinski definition) is 1. The highest BCUT2D eigenvalue weighted by Crippen LogP contribution is 2.32. The fraction of sp³-hybridized carbons (Fsp3) is 0.261. The molecule has 0 bridgehead atoms. The van der Waals surface area contributed by atoms with Gasteiger partial charge in [0.05, 0.1) is 11.9 Å². The molecule has 0 atom stereocenters. The lowest BCUT2D eigenvalue weighted by Gasteiger charge is -2.09. The summed E-state index contributed by atoms with van der Waals surface area (Å²) in [5.74, 6) is 1.10. The molecule has 1 amide bonds. The Morgan fingerprint density at radius 1 is 1.10 bits per heavy atom. The Balaban J connectivity index is 1.43. The van der Waals surface area contributed by atoms with Crippen LogP contribution in [0.3, 0.4) is 0 Å². The average molecular weight is 413 g/mol. The van der Waals surface area contributed by atoms with E-state index >= 15 is 0 Å². The molecule has 1 N–H and O–H groups in total. The number of aromatic nitrogens is 6. The Labute approximate surface area is 180 Å². The summed E-state index contributed by atoms with van der Waals surface area (Å²) in [5, 5.41) is 7.12. The van der Waals surface area contributed by atoms with Gasteiger partial charge < -0.3 is 9.88 Å². The van der Waals surface area contributed by atoms with Crippen LogP contribution in [0.1, 0.15) is 29.0 Å². The molecule has 156 valence electrons. The lowest BCUT2D eigenvalue weighted by molar-refractivity contribution is 0.101. The first-order valence-electron chi connectivity index (χ1n) is 10.3. The minimum atomic E-state index is -0.148. The zero-order valence-electron chi connectivity index (χ0n) is 17.5. The minimum Gasteiger partial charge on any atom is -0.343 e. The van der Waals surface area contributed by atoms with E-state index < -0.39 is 0 Å². The summed E-state index contributed by atoms with van der Waals surface area (Å²) >= 11 is 0. The molecule has 31 heavy (non-hydrogen) atoms. The third-order valence-corrected chi connectivity index (χ3v) is 5.49. The largest absolute Gasteiger partial charge is 0.343 e. The predicted octanol–water partition coefficient (Wildman–Crippen LogP) is 3.71. The van der Waals surface area contributed by atoms with Crippen molar-refractivity contribution in [1.82, 2.24) is 29.3 Å². The normalized spacial score (nSPS) is 13.4. The quantitative estimate of drug-likeness (QED) is 0.520. The highest BCUT2D eigenvalue weighted by Gasteiger charge is 2.25. The SMILES string of the molecule is Cc1ccc(NC(=O)c2cc(-c3cnc(-c4ccnn4C)nc3)cn2CC2CC2)cn1. The maximum atomic E-state index is 13.0. The van der Waals surface area contributed by atoms with Crippen molar-refractivity contribution in [3.05, 3.63) is 66.6 Å². The van der Waals surface area contributed by atoms with Crippen LogP contribution in [-0.4, -0.2) is 35.2 Å². The van der Waals surface area contributed by atoms with Gasteiger partial charge in [0.15, 0.2) is 5.82 Å². The Morgan fingerprint density at radius 3 is 2.55 bits per heavy atom. The van der Waals surface area contributed by atoms with Crippen LogP contribution in [0, 0.1) is 12.8 Å². The number of pyridine rings is 1. The molecule has 1 fully saturated rings. The zero-order chi connectivity index (χ0) is 21.4. The molecule has 0 unspecified atom stereocenters. The van der Waals surface area contributed by atoms with Gasteiger partial charge >= 0.3 is 0 Å². The van der Waals surface area contributed by atoms with E-state index in [2.05, 4.69) is 25.4 Å². The van der Waals surface area contributed by atoms with Gasteiger partial charge in [0.2, 0.25) is 0 Å². The van der Waals surface area contributed by atoms with Gasteiger partial charge in [-0.2, -0.15) is 5.10 Å². The molecule has 5 rings (SSSR count). The molecule has 4 aromatic heterocycles. The third kappa shape index (κ3) is 4.09. The van der Waals surface area contributed by atoms with Crippen molar-refractivity contribution in [2.75, 3.05) is 5.32 Å². The molecule has 8 nitrogen and oxygen atoms in total. The fourth-order valence-corrected chi connectivity index (χ4v) is 3.53. The molecule has 1 aliphatic carbocycles. The average Bonchev–Trinajstić information content (AvgIpc) is 3.32. The van der Waals surface area contributed by atoms with E-state index in [4.69, 9.17) is 0 Å². The Kier molecular flexibility index (Phi) is 4.82. The van der Waals surface area contributed by atoms with Gasteiger partial charge in [0.1, 0.15) is 11.4 Å². The molecular weight excluding hydrogens is 390 g/mol. The standard InChI is InChI=1S/C23H23N7O/c1-15-3-6-19(12-24-15)28-23(31)21-9-17(14-30(21)13-16-4-5-16)18-10-25-22(26-11-18)20-7-8-27-29(20)2/h3,6-12,14,16H,4-5,13H2,1-2H3,(H,28,31). The number of rotatable bonds is 6. The first-order chi connectivity index (χ1) is 15.1. The Bertz CT molecular complexity index is 1220. The number of carbonyl (C=O) groups excluding carboxylic acids is 1. The first-order valence-corrected chi connectivity index (χ1v) is 10.3. The number of aryl methyl sites for hydroxylation is 2. The van der Waals surface area contributed by atoms with Gasteiger partial charge in [-0.1, -0.05) is 0 Å². The number of nitrogens with zero attached hydrogens (tertiary/aromatic N) is 6. The highest BCUT2D eigenvalue weighted by molar-refractivity contribution is 6.04. The van der Waals surface area contributed by atoms with Crippen molar-refractivity contribution in [3.8, 4) is 22.6 Å². The van der Waals surface area contributed by atoms with Crippen LogP contribution < -0.4 is 5.32 Å². The molecule has 0 aromatic carbocycles. The van der Waals surface area contributed by atoms with Crippen LogP contribution in [0.5, 0.6) is 0 Å². The van der Waals surface area contributed by atoms with Gasteiger partial charge in [-0.05, 0) is 49.9 Å². The van der Waals surface area contributed by atoms with Gasteiger partial charge in [0, 0.05) is 55.2 Å². The number of nitrogens with one attached hydrogen (secondary N) is 1. The topological polar surface area (TPSA) is 90.5 Å². The molecule has 4 aromatic rings. The molecule has 1 aliphatic rings. The van der Waals surface area contributed by atoms with Crippen molar-refractivity contribution >= 4 is 11.6 Å². The lowest BCUT2D eigenvalue weighted by Crippen LogP contribution is -2.17. The van der Waals surface area contributed by atoms with Crippen LogP contribution in [0.25, 0.3) is 22.6 Å². The summed E-state index contributed by atoms with van der Waals surface area (Å²) in [7, 11) is 1.86. The Morgan fingerprint density at radius 2 is 1.90 bits per heavy atom. The molecule has 1 saturated carbocycles. The Hall–Kier alpha value is -3.81. The van der Waals surface area contributed by atoms with Crippen molar-refractivity contribution in [2.45, 2.75) is 26.3 Å². The predicted molar refractivity (Wildman–Crippen MR) is 117 cm³/mol. The van der Waals surface area contributed by atoms with Crippen LogP contribution >= 0.6 is 0 Å². The van der Waals surface area contributed by atoms with Crippen molar-refractivity contribution < 1.29 is 4.79 Å². The monoisotopic (exact) mass is 413 g/mol. The summed E-state index contributed by atoms with van der Waals surface area (Å²) in [6.45, 7) is 2.75. The van der Waals surface area contributed by atoms with E-state index in [0.29, 0.717) is 23.1 Å². The highest BCUT2D eigenvalue weighted by atomic mass is 16.1. The van der Waals surface area contributed by atoms with Crippen molar-refractivity contribution in [3.63, 3.8) is 0 Å². The van der Waals surface area contributed by atoms with Gasteiger partial charge in [-0.25, -0.2) is 9.97 Å². The number of hydrogen-bond acceptors (Lipinski definition) is 5. The molecule has 8 heteroatoms. The molecule has 4 heterocycles. The van der Waals surface area contributed by atoms with Crippen molar-refractivity contribution in [1.29, 1.82) is 0 Å². The summed E-state index contributed by atoms with van der Waals surface area (Å²) in [6, 6.07) is 7.52. The maximum Gasteiger partial charge on any atom is 0.272 e. The second-order valence-electron chi connectivity index (χ2n) is 7.99. The summed E-state index contributed by atoms with van der Waals surface area (Å²) in [6.07, 6.45) is 11.4. The first kappa shape index (κ1) is 19.2. The van der Waals surface area contributed by atoms with Gasteiger partial charge in [-0.15, -0.1) is 0 Å². The van der Waals surface area contributed by atoms with E-state index in [0.717, 1.165) is 29.1 Å². The van der Waals surface area contributed by atoms with Crippen LogP contribution in [0.15, 0.2) is 55.2 Å². The van der Waals surface area contributed by atoms with Crippen LogP contribution in [-0.2, 0) is 13.6 Å². The van der Waals surface area contributed by atoms with E-state index in [1.807, 2.05) is 49.0 Å². The summed E-state index contributed by atoms with van der Waals surface area (Å²) in [4.78, 5) is 26.3. The second kappa shape index (κ2) is 7.79. The molecule has 0 saturated heterocycles. The lowest BCUT2D eigenvalue weighted by atomic mass is 10.2. The molecule has 0 aliphatic heterocycles.